The van der Waals surface area contributed by atoms with Crippen molar-refractivity contribution in [3.63, 3.8) is 0 Å². The molecule has 6 nitrogen and oxygen atoms in total. The molecule has 0 aromatic heterocycles. The molecule has 0 aromatic rings. The molecule has 1 atom stereocenters. The van der Waals surface area contributed by atoms with E-state index in [-0.39, 0.29) is 11.8 Å². The second kappa shape index (κ2) is 6.41. The maximum Gasteiger partial charge on any atom is 0.225 e. The molecule has 0 saturated carbocycles. The fraction of sp³-hybridized carbons (Fsp3) is 0.923. The first-order valence-corrected chi connectivity index (χ1v) is 9.18. The third-order valence-electron chi connectivity index (χ3n) is 4.41. The highest BCUT2D eigenvalue weighted by Crippen LogP contribution is 2.23. The lowest BCUT2D eigenvalue weighted by Crippen LogP contribution is -2.50. The van der Waals surface area contributed by atoms with E-state index in [4.69, 9.17) is 0 Å². The third-order valence-corrected chi connectivity index (χ3v) is 5.72. The van der Waals surface area contributed by atoms with Crippen LogP contribution in [0.3, 0.4) is 0 Å². The molecule has 2 aliphatic rings. The molecule has 2 aliphatic heterocycles. The van der Waals surface area contributed by atoms with Crippen molar-refractivity contribution in [3.05, 3.63) is 0 Å². The Hall–Kier alpha value is -0.660. The molecule has 0 bridgehead atoms. The zero-order valence-corrected chi connectivity index (χ0v) is 13.2. The van der Waals surface area contributed by atoms with E-state index in [1.54, 1.807) is 0 Å². The summed E-state index contributed by atoms with van der Waals surface area (Å²) in [5.74, 6) is 0.196. The monoisotopic (exact) mass is 303 g/mol. The molecule has 0 aromatic carbocycles. The molecule has 0 spiro atoms. The Morgan fingerprint density at radius 2 is 1.80 bits per heavy atom. The predicted molar refractivity (Wildman–Crippen MR) is 77.8 cm³/mol. The Bertz CT molecular complexity index is 444. The van der Waals surface area contributed by atoms with Crippen molar-refractivity contribution >= 4 is 15.9 Å². The number of nitrogens with zero attached hydrogens (tertiary/aromatic N) is 2. The van der Waals surface area contributed by atoms with Crippen molar-refractivity contribution in [1.29, 1.82) is 0 Å². The molecule has 2 fully saturated rings. The first-order chi connectivity index (χ1) is 9.41. The minimum Gasteiger partial charge on any atom is -0.341 e. The summed E-state index contributed by atoms with van der Waals surface area (Å²) < 4.78 is 24.4. The van der Waals surface area contributed by atoms with Gasteiger partial charge in [0.15, 0.2) is 0 Å². The van der Waals surface area contributed by atoms with Crippen molar-refractivity contribution in [1.82, 2.24) is 14.5 Å². The lowest BCUT2D eigenvalue weighted by atomic mass is 9.95. The summed E-state index contributed by atoms with van der Waals surface area (Å²) in [6.45, 7) is 2.56. The Morgan fingerprint density at radius 1 is 1.15 bits per heavy atom. The molecular weight excluding hydrogens is 278 g/mol. The standard InChI is InChI=1S/C13H25N3O3S/c1-14-12-4-3-7-15(10-12)13(17)11-5-8-16(9-6-11)20(2,18)19/h11-12,14H,3-10H2,1-2H3. The maximum atomic E-state index is 12.5. The van der Waals surface area contributed by atoms with Gasteiger partial charge in [0.25, 0.3) is 0 Å². The fourth-order valence-electron chi connectivity index (χ4n) is 3.11. The Balaban J connectivity index is 1.88. The van der Waals surface area contributed by atoms with Crippen LogP contribution in [0.5, 0.6) is 0 Å². The van der Waals surface area contributed by atoms with Gasteiger partial charge in [0.05, 0.1) is 6.26 Å². The highest BCUT2D eigenvalue weighted by atomic mass is 32.2. The minimum atomic E-state index is -3.11. The molecule has 0 radical (unpaired) electrons. The summed E-state index contributed by atoms with van der Waals surface area (Å²) in [5.41, 5.74) is 0. The topological polar surface area (TPSA) is 69.7 Å². The molecule has 1 unspecified atom stereocenters. The van der Waals surface area contributed by atoms with E-state index in [0.717, 1.165) is 25.9 Å². The average molecular weight is 303 g/mol. The van der Waals surface area contributed by atoms with Gasteiger partial charge in [-0.3, -0.25) is 4.79 Å². The van der Waals surface area contributed by atoms with Gasteiger partial charge < -0.3 is 10.2 Å². The van der Waals surface area contributed by atoms with E-state index in [1.165, 1.54) is 10.6 Å². The van der Waals surface area contributed by atoms with Gasteiger partial charge in [-0.25, -0.2) is 12.7 Å². The summed E-state index contributed by atoms with van der Waals surface area (Å²) in [5, 5.41) is 3.24. The molecule has 2 saturated heterocycles. The molecule has 1 amide bonds. The van der Waals surface area contributed by atoms with Crippen LogP contribution in [0.1, 0.15) is 25.7 Å². The van der Waals surface area contributed by atoms with Gasteiger partial charge in [0.1, 0.15) is 0 Å². The lowest BCUT2D eigenvalue weighted by molar-refractivity contribution is -0.138. The van der Waals surface area contributed by atoms with Crippen LogP contribution in [-0.2, 0) is 14.8 Å². The molecule has 1 N–H and O–H groups in total. The smallest absolute Gasteiger partial charge is 0.225 e. The van der Waals surface area contributed by atoms with Crippen molar-refractivity contribution in [3.8, 4) is 0 Å². The number of nitrogens with one attached hydrogen (secondary N) is 1. The average Bonchev–Trinajstić information content (AvgIpc) is 2.46. The molecule has 7 heteroatoms. The number of piperidine rings is 2. The Morgan fingerprint density at radius 3 is 2.35 bits per heavy atom. The Kier molecular flexibility index (Phi) is 5.04. The van der Waals surface area contributed by atoms with E-state index in [9.17, 15) is 13.2 Å². The number of likely N-dealkylation sites (tertiary alicyclic amines) is 1. The van der Waals surface area contributed by atoms with Crippen LogP contribution in [0.2, 0.25) is 0 Å². The van der Waals surface area contributed by atoms with Gasteiger partial charge in [-0.2, -0.15) is 0 Å². The van der Waals surface area contributed by atoms with Crippen LogP contribution in [0.15, 0.2) is 0 Å². The molecule has 2 rings (SSSR count). The van der Waals surface area contributed by atoms with Crippen LogP contribution in [0, 0.1) is 5.92 Å². The minimum absolute atomic E-state index is 0.0105. The number of amides is 1. The SMILES string of the molecule is CNC1CCCN(C(=O)C2CCN(S(C)(=O)=O)CC2)C1. The highest BCUT2D eigenvalue weighted by molar-refractivity contribution is 7.88. The summed E-state index contributed by atoms with van der Waals surface area (Å²) in [6.07, 6.45) is 4.68. The van der Waals surface area contributed by atoms with E-state index >= 15 is 0 Å². The summed E-state index contributed by atoms with van der Waals surface area (Å²) in [4.78, 5) is 14.5. The quantitative estimate of drug-likeness (QED) is 0.788. The van der Waals surface area contributed by atoms with Crippen molar-refractivity contribution < 1.29 is 13.2 Å². The number of likely N-dealkylation sites (N-methyl/N-ethyl adjacent to an activating group) is 1. The molecule has 116 valence electrons. The van der Waals surface area contributed by atoms with Crippen LogP contribution in [-0.4, -0.2) is 69.1 Å². The van der Waals surface area contributed by atoms with Gasteiger partial charge in [0, 0.05) is 38.1 Å². The van der Waals surface area contributed by atoms with Gasteiger partial charge in [-0.15, -0.1) is 0 Å². The van der Waals surface area contributed by atoms with E-state index < -0.39 is 10.0 Å². The molecule has 0 aliphatic carbocycles. The predicted octanol–water partition coefficient (Wildman–Crippen LogP) is -0.132. The van der Waals surface area contributed by atoms with Gasteiger partial charge >= 0.3 is 0 Å². The Labute approximate surface area is 121 Å². The highest BCUT2D eigenvalue weighted by Gasteiger charge is 2.32. The van der Waals surface area contributed by atoms with Crippen molar-refractivity contribution in [2.24, 2.45) is 5.92 Å². The zero-order chi connectivity index (χ0) is 14.8. The van der Waals surface area contributed by atoms with Crippen LogP contribution in [0.25, 0.3) is 0 Å². The van der Waals surface area contributed by atoms with Crippen molar-refractivity contribution in [2.75, 3.05) is 39.5 Å². The first kappa shape index (κ1) is 15.7. The van der Waals surface area contributed by atoms with Crippen LogP contribution in [0.4, 0.5) is 0 Å². The number of hydrogen-bond acceptors (Lipinski definition) is 4. The van der Waals surface area contributed by atoms with Gasteiger partial charge in [-0.05, 0) is 32.7 Å². The summed E-state index contributed by atoms with van der Waals surface area (Å²) in [7, 11) is -1.18. The molecule has 20 heavy (non-hydrogen) atoms. The second-order valence-corrected chi connectivity index (χ2v) is 7.83. The van der Waals surface area contributed by atoms with E-state index in [0.29, 0.717) is 32.0 Å². The lowest BCUT2D eigenvalue weighted by Gasteiger charge is -2.37. The van der Waals surface area contributed by atoms with Gasteiger partial charge in [0.2, 0.25) is 15.9 Å². The normalized spacial score (nSPS) is 26.7. The van der Waals surface area contributed by atoms with E-state index in [2.05, 4.69) is 5.32 Å². The number of carbonyl (C=O) groups is 1. The largest absolute Gasteiger partial charge is 0.341 e. The van der Waals surface area contributed by atoms with E-state index in [1.807, 2.05) is 11.9 Å². The van der Waals surface area contributed by atoms with Crippen molar-refractivity contribution in [2.45, 2.75) is 31.7 Å². The second-order valence-electron chi connectivity index (χ2n) is 5.85. The molecule has 2 heterocycles. The zero-order valence-electron chi connectivity index (χ0n) is 12.3. The number of hydrogen-bond donors (Lipinski definition) is 1. The third kappa shape index (κ3) is 3.71. The van der Waals surface area contributed by atoms with Crippen LogP contribution >= 0.6 is 0 Å². The number of carbonyl (C=O) groups excluding carboxylic acids is 1. The number of sulfonamides is 1. The fourth-order valence-corrected chi connectivity index (χ4v) is 3.98. The maximum absolute atomic E-state index is 12.5. The van der Waals surface area contributed by atoms with Crippen LogP contribution < -0.4 is 5.32 Å². The number of rotatable bonds is 3. The first-order valence-electron chi connectivity index (χ1n) is 7.33. The summed E-state index contributed by atoms with van der Waals surface area (Å²) in [6, 6.07) is 0.392. The summed E-state index contributed by atoms with van der Waals surface area (Å²) >= 11 is 0. The molecular formula is C13H25N3O3S. The van der Waals surface area contributed by atoms with Gasteiger partial charge in [-0.1, -0.05) is 0 Å².